The molecular formula is C18H15F3N2O2. The number of carbonyl (C=O) groups excluding carboxylic acids is 1. The lowest BCUT2D eigenvalue weighted by Crippen LogP contribution is -2.29. The minimum Gasteiger partial charge on any atom is -0.495 e. The zero-order chi connectivity index (χ0) is 18.3. The Hall–Kier alpha value is -3.14. The van der Waals surface area contributed by atoms with E-state index < -0.39 is 17.8 Å². The summed E-state index contributed by atoms with van der Waals surface area (Å²) in [5.74, 6) is 6.21. The van der Waals surface area contributed by atoms with Crippen LogP contribution in [0.1, 0.15) is 11.1 Å². The van der Waals surface area contributed by atoms with Gasteiger partial charge in [-0.05, 0) is 30.3 Å². The molecule has 2 N–H and O–H groups in total. The van der Waals surface area contributed by atoms with E-state index in [1.807, 2.05) is 6.07 Å². The molecule has 2 amide bonds. The fraction of sp³-hybridized carbons (Fsp3) is 0.167. The van der Waals surface area contributed by atoms with E-state index in [1.54, 1.807) is 18.2 Å². The highest BCUT2D eigenvalue weighted by Crippen LogP contribution is 2.30. The van der Waals surface area contributed by atoms with Gasteiger partial charge in [0.2, 0.25) is 0 Å². The zero-order valence-electron chi connectivity index (χ0n) is 13.3. The van der Waals surface area contributed by atoms with Gasteiger partial charge in [0.15, 0.2) is 0 Å². The highest BCUT2D eigenvalue weighted by molar-refractivity contribution is 5.89. The number of amides is 2. The summed E-state index contributed by atoms with van der Waals surface area (Å²) in [4.78, 5) is 11.7. The minimum atomic E-state index is -4.46. The van der Waals surface area contributed by atoms with Gasteiger partial charge < -0.3 is 15.4 Å². The van der Waals surface area contributed by atoms with E-state index in [2.05, 4.69) is 22.5 Å². The van der Waals surface area contributed by atoms with Gasteiger partial charge in [-0.3, -0.25) is 0 Å². The van der Waals surface area contributed by atoms with E-state index in [0.29, 0.717) is 11.3 Å². The molecule has 0 aliphatic rings. The topological polar surface area (TPSA) is 50.4 Å². The van der Waals surface area contributed by atoms with Crippen molar-refractivity contribution in [2.75, 3.05) is 19.0 Å². The summed E-state index contributed by atoms with van der Waals surface area (Å²) in [5, 5.41) is 4.78. The van der Waals surface area contributed by atoms with Crippen LogP contribution in [0.15, 0.2) is 48.5 Å². The van der Waals surface area contributed by atoms with Gasteiger partial charge in [-0.15, -0.1) is 0 Å². The van der Waals surface area contributed by atoms with Gasteiger partial charge in [-0.1, -0.05) is 30.0 Å². The van der Waals surface area contributed by atoms with Crippen molar-refractivity contribution in [1.29, 1.82) is 0 Å². The smallest absolute Gasteiger partial charge is 0.416 e. The molecule has 0 atom stereocenters. The van der Waals surface area contributed by atoms with Crippen molar-refractivity contribution in [3.05, 3.63) is 59.7 Å². The second-order valence-corrected chi connectivity index (χ2v) is 4.89. The second-order valence-electron chi connectivity index (χ2n) is 4.89. The summed E-state index contributed by atoms with van der Waals surface area (Å²) in [6, 6.07) is 10.9. The van der Waals surface area contributed by atoms with Crippen LogP contribution in [0.5, 0.6) is 5.75 Å². The van der Waals surface area contributed by atoms with Crippen LogP contribution in [-0.4, -0.2) is 19.7 Å². The lowest BCUT2D eigenvalue weighted by molar-refractivity contribution is -0.137. The van der Waals surface area contributed by atoms with Crippen LogP contribution in [0.25, 0.3) is 0 Å². The van der Waals surface area contributed by atoms with E-state index in [1.165, 1.54) is 19.2 Å². The lowest BCUT2D eigenvalue weighted by Gasteiger charge is -2.09. The number of urea groups is 1. The molecule has 2 aromatic carbocycles. The Bertz CT molecular complexity index is 808. The monoisotopic (exact) mass is 348 g/mol. The number of carbonyl (C=O) groups is 1. The Kier molecular flexibility index (Phi) is 5.90. The number of anilines is 1. The van der Waals surface area contributed by atoms with Gasteiger partial charge in [-0.2, -0.15) is 13.2 Å². The van der Waals surface area contributed by atoms with Gasteiger partial charge >= 0.3 is 12.2 Å². The van der Waals surface area contributed by atoms with Crippen molar-refractivity contribution in [3.8, 4) is 17.6 Å². The Labute approximate surface area is 143 Å². The Morgan fingerprint density at radius 1 is 1.16 bits per heavy atom. The molecule has 0 heterocycles. The number of methoxy groups -OCH3 is 1. The zero-order valence-corrected chi connectivity index (χ0v) is 13.3. The van der Waals surface area contributed by atoms with E-state index in [-0.39, 0.29) is 12.2 Å². The maximum absolute atomic E-state index is 12.6. The Balaban J connectivity index is 1.91. The molecule has 0 bridgehead atoms. The quantitative estimate of drug-likeness (QED) is 0.827. The van der Waals surface area contributed by atoms with Crippen molar-refractivity contribution in [1.82, 2.24) is 5.32 Å². The molecular weight excluding hydrogens is 333 g/mol. The Morgan fingerprint density at radius 3 is 2.64 bits per heavy atom. The summed E-state index contributed by atoms with van der Waals surface area (Å²) >= 11 is 0. The summed E-state index contributed by atoms with van der Waals surface area (Å²) in [7, 11) is 1.53. The van der Waals surface area contributed by atoms with Crippen molar-refractivity contribution in [3.63, 3.8) is 0 Å². The van der Waals surface area contributed by atoms with Gasteiger partial charge in [0.1, 0.15) is 5.75 Å². The first kappa shape index (κ1) is 18.2. The molecule has 7 heteroatoms. The fourth-order valence-corrected chi connectivity index (χ4v) is 1.96. The predicted octanol–water partition coefficient (Wildman–Crippen LogP) is 3.89. The van der Waals surface area contributed by atoms with Crippen molar-refractivity contribution < 1.29 is 22.7 Å². The van der Waals surface area contributed by atoms with Gasteiger partial charge in [0.25, 0.3) is 0 Å². The largest absolute Gasteiger partial charge is 0.495 e. The van der Waals surface area contributed by atoms with Gasteiger partial charge in [0.05, 0.1) is 24.8 Å². The highest BCUT2D eigenvalue weighted by atomic mass is 19.4. The number of nitrogens with one attached hydrogen (secondary N) is 2. The maximum Gasteiger partial charge on any atom is 0.416 e. The van der Waals surface area contributed by atoms with Gasteiger partial charge in [0, 0.05) is 5.69 Å². The first-order valence-corrected chi connectivity index (χ1v) is 7.24. The fourth-order valence-electron chi connectivity index (χ4n) is 1.96. The standard InChI is InChI=1S/C18H15F3N2O2/c1-25-16-10-3-2-6-13(16)7-5-11-22-17(24)23-15-9-4-8-14(12-15)18(19,20)21/h2-4,6,8-10,12H,11H2,1H3,(H2,22,23,24). The lowest BCUT2D eigenvalue weighted by atomic mass is 10.2. The number of ether oxygens (including phenoxy) is 1. The van der Waals surface area contributed by atoms with E-state index in [9.17, 15) is 18.0 Å². The van der Waals surface area contributed by atoms with Crippen molar-refractivity contribution in [2.24, 2.45) is 0 Å². The molecule has 0 saturated heterocycles. The van der Waals surface area contributed by atoms with Crippen LogP contribution < -0.4 is 15.4 Å². The van der Waals surface area contributed by atoms with Crippen molar-refractivity contribution in [2.45, 2.75) is 6.18 Å². The minimum absolute atomic E-state index is 0.0306. The summed E-state index contributed by atoms with van der Waals surface area (Å²) in [6.07, 6.45) is -4.46. The molecule has 2 aromatic rings. The predicted molar refractivity (Wildman–Crippen MR) is 88.3 cm³/mol. The number of benzene rings is 2. The highest BCUT2D eigenvalue weighted by Gasteiger charge is 2.30. The molecule has 0 aliphatic heterocycles. The van der Waals surface area contributed by atoms with Crippen LogP contribution in [0.2, 0.25) is 0 Å². The third-order valence-corrected chi connectivity index (χ3v) is 3.12. The SMILES string of the molecule is COc1ccccc1C#CCNC(=O)Nc1cccc(C(F)(F)F)c1. The van der Waals surface area contributed by atoms with Crippen LogP contribution in [0.3, 0.4) is 0 Å². The molecule has 2 rings (SSSR count). The summed E-state index contributed by atoms with van der Waals surface area (Å²) in [6.45, 7) is 0.0306. The van der Waals surface area contributed by atoms with Crippen LogP contribution >= 0.6 is 0 Å². The van der Waals surface area contributed by atoms with E-state index in [4.69, 9.17) is 4.74 Å². The average molecular weight is 348 g/mol. The van der Waals surface area contributed by atoms with Crippen molar-refractivity contribution >= 4 is 11.7 Å². The third kappa shape index (κ3) is 5.46. The number of hydrogen-bond donors (Lipinski definition) is 2. The molecule has 0 saturated carbocycles. The number of alkyl halides is 3. The van der Waals surface area contributed by atoms with E-state index >= 15 is 0 Å². The maximum atomic E-state index is 12.6. The Morgan fingerprint density at radius 2 is 1.92 bits per heavy atom. The number of halogens is 3. The van der Waals surface area contributed by atoms with E-state index in [0.717, 1.165) is 12.1 Å². The first-order valence-electron chi connectivity index (χ1n) is 7.24. The average Bonchev–Trinajstić information content (AvgIpc) is 2.58. The summed E-state index contributed by atoms with van der Waals surface area (Å²) < 4.78 is 43.0. The molecule has 0 unspecified atom stereocenters. The van der Waals surface area contributed by atoms with Crippen LogP contribution in [-0.2, 0) is 6.18 Å². The van der Waals surface area contributed by atoms with Crippen LogP contribution in [0.4, 0.5) is 23.7 Å². The molecule has 0 spiro atoms. The molecule has 25 heavy (non-hydrogen) atoms. The first-order chi connectivity index (χ1) is 11.9. The normalized spacial score (nSPS) is 10.4. The molecule has 0 aromatic heterocycles. The number of para-hydroxylation sites is 1. The van der Waals surface area contributed by atoms with Gasteiger partial charge in [-0.25, -0.2) is 4.79 Å². The van der Waals surface area contributed by atoms with Crippen LogP contribution in [0, 0.1) is 11.8 Å². The molecule has 0 radical (unpaired) electrons. The summed E-state index contributed by atoms with van der Waals surface area (Å²) in [5.41, 5.74) is -0.114. The third-order valence-electron chi connectivity index (χ3n) is 3.12. The second kappa shape index (κ2) is 8.11. The molecule has 130 valence electrons. The molecule has 4 nitrogen and oxygen atoms in total. The number of hydrogen-bond acceptors (Lipinski definition) is 2. The molecule has 0 aliphatic carbocycles. The number of rotatable bonds is 3. The molecule has 0 fully saturated rings.